The molecule has 6 N–H and O–H groups in total. The van der Waals surface area contributed by atoms with Crippen LogP contribution in [-0.2, 0) is 14.4 Å². The minimum Gasteiger partial charge on any atom is -0.508 e. The molecule has 0 radical (unpaired) electrons. The number of aromatic hydroxyl groups is 2. The first kappa shape index (κ1) is 51.9. The number of amides is 4. The lowest BCUT2D eigenvalue weighted by Gasteiger charge is -2.35. The Morgan fingerprint density at radius 1 is 0.836 bits per heavy atom. The molecule has 4 atom stereocenters. The first-order valence-corrected chi connectivity index (χ1v) is 26.0. The van der Waals surface area contributed by atoms with Crippen LogP contribution in [0.1, 0.15) is 93.0 Å². The van der Waals surface area contributed by atoms with Gasteiger partial charge in [0.2, 0.25) is 17.7 Å². The van der Waals surface area contributed by atoms with Crippen LogP contribution < -0.4 is 20.8 Å². The minimum atomic E-state index is -0.906. The molecule has 1 aliphatic heterocycles. The molecule has 0 bridgehead atoms. The van der Waals surface area contributed by atoms with Gasteiger partial charge in [-0.15, -0.1) is 22.7 Å². The number of likely N-dealkylation sites (tertiary alicyclic amines) is 1. The molecule has 0 spiro atoms. The van der Waals surface area contributed by atoms with Gasteiger partial charge in [-0.2, -0.15) is 5.10 Å². The van der Waals surface area contributed by atoms with E-state index >= 15 is 0 Å². The van der Waals surface area contributed by atoms with Crippen molar-refractivity contribution in [3.63, 3.8) is 0 Å². The van der Waals surface area contributed by atoms with Gasteiger partial charge < -0.3 is 35.6 Å². The number of phenols is 2. The smallest absolute Gasteiger partial charge is 0.271 e. The number of phenolic OH excluding ortho intramolecular Hbond substituents is 2. The van der Waals surface area contributed by atoms with Crippen LogP contribution in [0.4, 0.5) is 0 Å². The van der Waals surface area contributed by atoms with Gasteiger partial charge in [0.25, 0.3) is 5.91 Å². The molecule has 1 fully saturated rings. The first-order valence-electron chi connectivity index (χ1n) is 24.3. The van der Waals surface area contributed by atoms with Crippen molar-refractivity contribution >= 4 is 62.6 Å². The summed E-state index contributed by atoms with van der Waals surface area (Å²) in [4.78, 5) is 61.9. The SMILES string of the molecule is Cc1ncsc1-c1ccc(C(C)NC(=O)C2CC(O)CN2C(=O)C(NC(=O)CCCCCOc2ccc(C=NNC(=O)c3ccc(-c4c(-c5ccc(O)cc5)sc5cc(O)ccc45)cc3)cc2)C(C)(C)C)cc1. The number of aliphatic hydroxyl groups is 1. The van der Waals surface area contributed by atoms with Crippen LogP contribution >= 0.6 is 22.7 Å². The van der Waals surface area contributed by atoms with E-state index in [0.29, 0.717) is 30.8 Å². The largest absolute Gasteiger partial charge is 0.508 e. The second-order valence-corrected chi connectivity index (χ2v) is 21.3. The topological polar surface area (TPSA) is 203 Å². The highest BCUT2D eigenvalue weighted by atomic mass is 32.1. The van der Waals surface area contributed by atoms with Crippen LogP contribution in [-0.4, -0.2) is 86.4 Å². The van der Waals surface area contributed by atoms with Crippen molar-refractivity contribution in [1.82, 2.24) is 25.9 Å². The Morgan fingerprint density at radius 3 is 2.19 bits per heavy atom. The van der Waals surface area contributed by atoms with Gasteiger partial charge in [-0.3, -0.25) is 19.2 Å². The number of carbonyl (C=O) groups is 4. The van der Waals surface area contributed by atoms with Crippen molar-refractivity contribution < 1.29 is 39.2 Å². The fourth-order valence-corrected chi connectivity index (χ4v) is 10.9. The molecule has 2 aromatic heterocycles. The van der Waals surface area contributed by atoms with Crippen LogP contribution in [0.15, 0.2) is 126 Å². The maximum Gasteiger partial charge on any atom is 0.271 e. The van der Waals surface area contributed by atoms with Crippen LogP contribution in [0.3, 0.4) is 0 Å². The van der Waals surface area contributed by atoms with Crippen LogP contribution in [0.5, 0.6) is 17.2 Å². The number of nitrogens with one attached hydrogen (secondary N) is 3. The molecule has 7 aromatic rings. The molecule has 16 heteroatoms. The average molecular weight is 1020 g/mol. The number of hydrogen-bond donors (Lipinski definition) is 6. The number of nitrogens with zero attached hydrogens (tertiary/aromatic N) is 3. The summed E-state index contributed by atoms with van der Waals surface area (Å²) in [6.45, 7) is 9.89. The third kappa shape index (κ3) is 12.8. The average Bonchev–Trinajstić information content (AvgIpc) is 4.10. The monoisotopic (exact) mass is 1020 g/mol. The van der Waals surface area contributed by atoms with Gasteiger partial charge in [0.1, 0.15) is 29.3 Å². The van der Waals surface area contributed by atoms with Crippen molar-refractivity contribution in [2.24, 2.45) is 10.5 Å². The van der Waals surface area contributed by atoms with Gasteiger partial charge in [0.15, 0.2) is 0 Å². The lowest BCUT2D eigenvalue weighted by molar-refractivity contribution is -0.144. The molecule has 0 saturated carbocycles. The van der Waals surface area contributed by atoms with Gasteiger partial charge in [-0.25, -0.2) is 10.4 Å². The summed E-state index contributed by atoms with van der Waals surface area (Å²) in [5, 5.41) is 41.8. The lowest BCUT2D eigenvalue weighted by Crippen LogP contribution is -2.57. The first-order chi connectivity index (χ1) is 35.0. The van der Waals surface area contributed by atoms with Gasteiger partial charge in [-0.05, 0) is 145 Å². The maximum atomic E-state index is 14.1. The van der Waals surface area contributed by atoms with Crippen molar-refractivity contribution in [2.75, 3.05) is 13.2 Å². The standard InChI is InChI=1S/C57H60N6O8S2/c1-34(37-12-16-39(17-13-37)51-35(2)58-33-72-51)60-55(69)47-29-44(66)32-63(47)56(70)53(57(3,4)5)61-49(67)9-7-6-8-28-71-45-25-10-36(11-26-45)31-59-62-54(68)41-18-14-38(15-19-41)50-46-27-24-43(65)30-48(46)73-52(50)40-20-22-42(64)23-21-40/h10-27,30-31,33-34,44,47,53,64-66H,6-9,28-29,32H2,1-5H3,(H,60,69)(H,61,67)(H,62,68). The molecular formula is C57H60N6O8S2. The summed E-state index contributed by atoms with van der Waals surface area (Å²) < 4.78 is 6.85. The number of rotatable bonds is 18. The number of aryl methyl sites for hydroxylation is 1. The number of aliphatic hydroxyl groups excluding tert-OH is 1. The summed E-state index contributed by atoms with van der Waals surface area (Å²) in [5.74, 6) is -0.377. The van der Waals surface area contributed by atoms with Gasteiger partial charge >= 0.3 is 0 Å². The van der Waals surface area contributed by atoms with Crippen LogP contribution in [0.2, 0.25) is 0 Å². The lowest BCUT2D eigenvalue weighted by atomic mass is 9.85. The summed E-state index contributed by atoms with van der Waals surface area (Å²) in [5.41, 5.74) is 10.6. The number of unbranched alkanes of at least 4 members (excludes halogenated alkanes) is 2. The molecule has 8 rings (SSSR count). The number of aromatic nitrogens is 1. The van der Waals surface area contributed by atoms with Crippen molar-refractivity contribution in [1.29, 1.82) is 0 Å². The van der Waals surface area contributed by atoms with E-state index in [1.165, 1.54) is 4.90 Å². The molecule has 4 amide bonds. The molecule has 1 saturated heterocycles. The van der Waals surface area contributed by atoms with Crippen molar-refractivity contribution in [3.8, 4) is 49.3 Å². The zero-order valence-electron chi connectivity index (χ0n) is 41.4. The summed E-state index contributed by atoms with van der Waals surface area (Å²) in [7, 11) is 0. The number of ether oxygens (including phenoxy) is 1. The predicted octanol–water partition coefficient (Wildman–Crippen LogP) is 10.2. The van der Waals surface area contributed by atoms with E-state index in [9.17, 15) is 34.5 Å². The van der Waals surface area contributed by atoms with Crippen molar-refractivity contribution in [3.05, 3.63) is 143 Å². The Balaban J connectivity index is 0.759. The Labute approximate surface area is 432 Å². The summed E-state index contributed by atoms with van der Waals surface area (Å²) in [6.07, 6.45) is 3.01. The highest BCUT2D eigenvalue weighted by Gasteiger charge is 2.44. The molecule has 73 heavy (non-hydrogen) atoms. The Morgan fingerprint density at radius 2 is 1.51 bits per heavy atom. The molecule has 3 heterocycles. The van der Waals surface area contributed by atoms with Gasteiger partial charge in [-0.1, -0.05) is 57.2 Å². The van der Waals surface area contributed by atoms with E-state index in [0.717, 1.165) is 65.3 Å². The molecule has 1 aliphatic rings. The number of fused-ring (bicyclic) bond motifs is 1. The van der Waals surface area contributed by atoms with E-state index in [2.05, 4.69) is 26.1 Å². The van der Waals surface area contributed by atoms with E-state index in [1.807, 2.05) is 119 Å². The van der Waals surface area contributed by atoms with Crippen LogP contribution in [0, 0.1) is 12.3 Å². The Bertz CT molecular complexity index is 3090. The minimum absolute atomic E-state index is 0.00176. The predicted molar refractivity (Wildman–Crippen MR) is 288 cm³/mol. The zero-order chi connectivity index (χ0) is 51.8. The fourth-order valence-electron chi connectivity index (χ4n) is 8.86. The molecular weight excluding hydrogens is 961 g/mol. The highest BCUT2D eigenvalue weighted by molar-refractivity contribution is 7.23. The van der Waals surface area contributed by atoms with E-state index in [-0.39, 0.29) is 54.6 Å². The number of carbonyl (C=O) groups excluding carboxylic acids is 4. The van der Waals surface area contributed by atoms with Crippen molar-refractivity contribution in [2.45, 2.75) is 91.0 Å². The number of benzene rings is 5. The van der Waals surface area contributed by atoms with E-state index < -0.39 is 29.5 Å². The number of β-amino-alcohol motifs (C(OH)–C–C–N with tert-alkyl or cyclic N) is 1. The summed E-state index contributed by atoms with van der Waals surface area (Å²) in [6, 6.07) is 32.6. The van der Waals surface area contributed by atoms with E-state index in [1.54, 1.807) is 65.3 Å². The second-order valence-electron chi connectivity index (χ2n) is 19.4. The fraction of sp³-hybridized carbons (Fsp3) is 0.298. The molecule has 14 nitrogen and oxygen atoms in total. The molecule has 0 aliphatic carbocycles. The molecule has 4 unspecified atom stereocenters. The number of thiophene rings is 1. The third-order valence-electron chi connectivity index (χ3n) is 12.9. The van der Waals surface area contributed by atoms with Crippen LogP contribution in [0.25, 0.3) is 42.1 Å². The van der Waals surface area contributed by atoms with Gasteiger partial charge in [0, 0.05) is 45.5 Å². The third-order valence-corrected chi connectivity index (χ3v) is 15.1. The quantitative estimate of drug-likeness (QED) is 0.0275. The Hall–Kier alpha value is -7.40. The highest BCUT2D eigenvalue weighted by Crippen LogP contribution is 2.46. The molecule has 5 aromatic carbocycles. The van der Waals surface area contributed by atoms with Gasteiger partial charge in [0.05, 0.1) is 41.0 Å². The number of hydrogen-bond acceptors (Lipinski definition) is 12. The number of thiazole rings is 1. The summed E-state index contributed by atoms with van der Waals surface area (Å²) >= 11 is 3.12. The number of hydrazone groups is 1. The maximum absolute atomic E-state index is 14.1. The molecule has 378 valence electrons. The Kier molecular flexibility index (Phi) is 16.4. The zero-order valence-corrected chi connectivity index (χ0v) is 43.1. The second kappa shape index (κ2) is 23.0. The normalized spacial score (nSPS) is 15.6. The van der Waals surface area contributed by atoms with E-state index in [4.69, 9.17) is 4.74 Å².